The monoisotopic (exact) mass is 360 g/mol. The summed E-state index contributed by atoms with van der Waals surface area (Å²) in [6, 6.07) is -0.559. The van der Waals surface area contributed by atoms with Crippen molar-refractivity contribution in [1.82, 2.24) is 15.5 Å². The Bertz CT molecular complexity index is 466. The van der Waals surface area contributed by atoms with E-state index >= 15 is 0 Å². The van der Waals surface area contributed by atoms with Crippen molar-refractivity contribution in [3.8, 4) is 0 Å². The van der Waals surface area contributed by atoms with Crippen molar-refractivity contribution >= 4 is 30.3 Å². The second kappa shape index (κ2) is 9.22. The standard InChI is InChI=1S/C16H28N4O3.ClH/c1-2-3-7-12(10-17)18-13(21)11-20-14(22)16(19-15(20)23)8-5-4-6-9-16;/h12H,2-11,17H2,1H3,(H,18,21)(H,19,23);1H. The number of urea groups is 1. The Morgan fingerprint density at radius 2 is 2.00 bits per heavy atom. The highest BCUT2D eigenvalue weighted by molar-refractivity contribution is 6.09. The van der Waals surface area contributed by atoms with Crippen LogP contribution < -0.4 is 16.4 Å². The summed E-state index contributed by atoms with van der Waals surface area (Å²) < 4.78 is 0. The van der Waals surface area contributed by atoms with E-state index in [2.05, 4.69) is 17.6 Å². The third-order valence-corrected chi connectivity index (χ3v) is 4.81. The number of nitrogens with zero attached hydrogens (tertiary/aromatic N) is 1. The predicted molar refractivity (Wildman–Crippen MR) is 93.8 cm³/mol. The van der Waals surface area contributed by atoms with Crippen LogP contribution in [-0.4, -0.2) is 47.4 Å². The second-order valence-corrected chi connectivity index (χ2v) is 6.61. The predicted octanol–water partition coefficient (Wildman–Crippen LogP) is 1.30. The first-order valence-electron chi connectivity index (χ1n) is 8.66. The van der Waals surface area contributed by atoms with Gasteiger partial charge in [0.2, 0.25) is 5.91 Å². The summed E-state index contributed by atoms with van der Waals surface area (Å²) in [7, 11) is 0. The van der Waals surface area contributed by atoms with Crippen LogP contribution in [0.3, 0.4) is 0 Å². The van der Waals surface area contributed by atoms with Crippen molar-refractivity contribution in [1.29, 1.82) is 0 Å². The largest absolute Gasteiger partial charge is 0.351 e. The van der Waals surface area contributed by atoms with Crippen LogP contribution in [0.2, 0.25) is 0 Å². The van der Waals surface area contributed by atoms with E-state index < -0.39 is 11.6 Å². The minimum Gasteiger partial charge on any atom is -0.351 e. The molecule has 0 aromatic heterocycles. The Balaban J connectivity index is 0.00000288. The fraction of sp³-hybridized carbons (Fsp3) is 0.812. The van der Waals surface area contributed by atoms with Gasteiger partial charge < -0.3 is 16.4 Å². The molecule has 0 aromatic rings. The van der Waals surface area contributed by atoms with Crippen LogP contribution in [0.1, 0.15) is 58.3 Å². The van der Waals surface area contributed by atoms with Gasteiger partial charge in [-0.05, 0) is 19.3 Å². The molecule has 1 atom stereocenters. The van der Waals surface area contributed by atoms with Gasteiger partial charge in [-0.15, -0.1) is 12.4 Å². The van der Waals surface area contributed by atoms with Gasteiger partial charge in [-0.2, -0.15) is 0 Å². The summed E-state index contributed by atoms with van der Waals surface area (Å²) in [5, 5.41) is 5.63. The first kappa shape index (κ1) is 20.7. The normalized spacial score (nSPS) is 20.5. The number of imide groups is 1. The number of nitrogens with one attached hydrogen (secondary N) is 2. The molecule has 2 aliphatic rings. The lowest BCUT2D eigenvalue weighted by Gasteiger charge is -2.30. The van der Waals surface area contributed by atoms with Crippen LogP contribution in [0.15, 0.2) is 0 Å². The maximum Gasteiger partial charge on any atom is 0.325 e. The highest BCUT2D eigenvalue weighted by Crippen LogP contribution is 2.33. The zero-order chi connectivity index (χ0) is 16.9. The lowest BCUT2D eigenvalue weighted by molar-refractivity contribution is -0.136. The Morgan fingerprint density at radius 1 is 1.33 bits per heavy atom. The van der Waals surface area contributed by atoms with E-state index in [1.165, 1.54) is 0 Å². The van der Waals surface area contributed by atoms with Crippen LogP contribution in [0.5, 0.6) is 0 Å². The number of unbranched alkanes of at least 4 members (excludes halogenated alkanes) is 1. The van der Waals surface area contributed by atoms with Crippen molar-refractivity contribution < 1.29 is 14.4 Å². The summed E-state index contributed by atoms with van der Waals surface area (Å²) >= 11 is 0. The van der Waals surface area contributed by atoms with E-state index in [0.717, 1.165) is 43.4 Å². The number of rotatable bonds is 7. The van der Waals surface area contributed by atoms with Crippen molar-refractivity contribution in [3.63, 3.8) is 0 Å². The molecule has 24 heavy (non-hydrogen) atoms. The number of amides is 4. The zero-order valence-corrected chi connectivity index (χ0v) is 15.1. The lowest BCUT2D eigenvalue weighted by atomic mass is 9.82. The molecule has 4 amide bonds. The minimum atomic E-state index is -0.773. The van der Waals surface area contributed by atoms with Gasteiger partial charge in [0.15, 0.2) is 0 Å². The first-order valence-corrected chi connectivity index (χ1v) is 8.66. The molecule has 0 radical (unpaired) electrons. The molecular formula is C16H29ClN4O3. The topological polar surface area (TPSA) is 105 Å². The molecule has 0 bridgehead atoms. The summed E-state index contributed by atoms with van der Waals surface area (Å²) in [6.07, 6.45) is 7.09. The molecule has 4 N–H and O–H groups in total. The average molecular weight is 361 g/mol. The Labute approximate surface area is 149 Å². The van der Waals surface area contributed by atoms with E-state index in [-0.39, 0.29) is 36.8 Å². The maximum atomic E-state index is 12.6. The van der Waals surface area contributed by atoms with Crippen molar-refractivity contribution in [2.75, 3.05) is 13.1 Å². The number of hydrogen-bond donors (Lipinski definition) is 3. The van der Waals surface area contributed by atoms with Gasteiger partial charge >= 0.3 is 6.03 Å². The molecule has 138 valence electrons. The SMILES string of the molecule is CCCCC(CN)NC(=O)CN1C(=O)NC2(CCCCC2)C1=O.Cl. The molecule has 2 fully saturated rings. The molecule has 1 heterocycles. The summed E-state index contributed by atoms with van der Waals surface area (Å²) in [5.41, 5.74) is 4.89. The van der Waals surface area contributed by atoms with Gasteiger partial charge in [-0.1, -0.05) is 39.0 Å². The molecule has 1 aliphatic heterocycles. The highest BCUT2D eigenvalue weighted by atomic mass is 35.5. The van der Waals surface area contributed by atoms with Crippen molar-refractivity contribution in [2.24, 2.45) is 5.73 Å². The van der Waals surface area contributed by atoms with Crippen LogP contribution in [0.25, 0.3) is 0 Å². The molecule has 1 saturated carbocycles. The average Bonchev–Trinajstić information content (AvgIpc) is 2.76. The van der Waals surface area contributed by atoms with E-state index in [4.69, 9.17) is 5.73 Å². The molecule has 1 spiro atoms. The van der Waals surface area contributed by atoms with Gasteiger partial charge in [0.1, 0.15) is 12.1 Å². The van der Waals surface area contributed by atoms with Gasteiger partial charge in [-0.3, -0.25) is 14.5 Å². The van der Waals surface area contributed by atoms with Gasteiger partial charge in [0, 0.05) is 12.6 Å². The number of carbonyl (C=O) groups is 3. The molecular weight excluding hydrogens is 332 g/mol. The van der Waals surface area contributed by atoms with Gasteiger partial charge in [0.25, 0.3) is 5.91 Å². The van der Waals surface area contributed by atoms with Gasteiger partial charge in [-0.25, -0.2) is 4.79 Å². The van der Waals surface area contributed by atoms with E-state index in [1.807, 2.05) is 0 Å². The minimum absolute atomic E-state index is 0. The van der Waals surface area contributed by atoms with Crippen LogP contribution in [0, 0.1) is 0 Å². The Hall–Kier alpha value is -1.34. The smallest absolute Gasteiger partial charge is 0.325 e. The molecule has 0 aromatic carbocycles. The molecule has 7 nitrogen and oxygen atoms in total. The van der Waals surface area contributed by atoms with E-state index in [0.29, 0.717) is 19.4 Å². The van der Waals surface area contributed by atoms with Crippen LogP contribution >= 0.6 is 12.4 Å². The summed E-state index contributed by atoms with van der Waals surface area (Å²) in [6.45, 7) is 2.21. The molecule has 8 heteroatoms. The third-order valence-electron chi connectivity index (χ3n) is 4.81. The fourth-order valence-corrected chi connectivity index (χ4v) is 3.43. The van der Waals surface area contributed by atoms with Crippen LogP contribution in [-0.2, 0) is 9.59 Å². The fourth-order valence-electron chi connectivity index (χ4n) is 3.43. The van der Waals surface area contributed by atoms with Gasteiger partial charge in [0.05, 0.1) is 0 Å². The number of halogens is 1. The Morgan fingerprint density at radius 3 is 2.58 bits per heavy atom. The molecule has 1 saturated heterocycles. The van der Waals surface area contributed by atoms with Crippen LogP contribution in [0.4, 0.5) is 4.79 Å². The summed E-state index contributed by atoms with van der Waals surface area (Å²) in [5.74, 6) is -0.580. The number of nitrogens with two attached hydrogens (primary N) is 1. The molecule has 2 rings (SSSR count). The van der Waals surface area contributed by atoms with E-state index in [1.54, 1.807) is 0 Å². The summed E-state index contributed by atoms with van der Waals surface area (Å²) in [4.78, 5) is 37.9. The number of carbonyl (C=O) groups excluding carboxylic acids is 3. The highest BCUT2D eigenvalue weighted by Gasteiger charge is 2.51. The van der Waals surface area contributed by atoms with E-state index in [9.17, 15) is 14.4 Å². The maximum absolute atomic E-state index is 12.6. The second-order valence-electron chi connectivity index (χ2n) is 6.61. The Kier molecular flexibility index (Phi) is 7.96. The zero-order valence-electron chi connectivity index (χ0n) is 14.3. The third kappa shape index (κ3) is 4.60. The first-order chi connectivity index (χ1) is 11.0. The molecule has 1 aliphatic carbocycles. The van der Waals surface area contributed by atoms with Crippen molar-refractivity contribution in [2.45, 2.75) is 69.9 Å². The number of hydrogen-bond acceptors (Lipinski definition) is 4. The quantitative estimate of drug-likeness (QED) is 0.595. The van der Waals surface area contributed by atoms with Crippen molar-refractivity contribution in [3.05, 3.63) is 0 Å². The lowest BCUT2D eigenvalue weighted by Crippen LogP contribution is -2.49. The molecule has 1 unspecified atom stereocenters.